The number of anilines is 1. The van der Waals surface area contributed by atoms with Gasteiger partial charge in [-0.15, -0.1) is 0 Å². The predicted molar refractivity (Wildman–Crippen MR) is 64.3 cm³/mol. The van der Waals surface area contributed by atoms with Crippen LogP contribution in [0, 0.1) is 11.7 Å². The summed E-state index contributed by atoms with van der Waals surface area (Å²) in [4.78, 5) is 5.24. The molecule has 0 aliphatic carbocycles. The number of hydrogen-bond donors (Lipinski definition) is 0. The Hall–Kier alpha value is -1.50. The molecule has 19 heavy (non-hydrogen) atoms. The summed E-state index contributed by atoms with van der Waals surface area (Å²) in [5.74, 6) is -3.88. The number of halogens is 4. The zero-order valence-electron chi connectivity index (χ0n) is 9.95. The Balaban J connectivity index is 2.11. The molecule has 102 valence electrons. The second-order valence-corrected chi connectivity index (χ2v) is 5.09. The van der Waals surface area contributed by atoms with Crippen LogP contribution in [0.25, 0.3) is 5.65 Å². The van der Waals surface area contributed by atoms with Gasteiger partial charge in [-0.25, -0.2) is 18.2 Å². The molecule has 0 amide bonds. The highest BCUT2D eigenvalue weighted by molar-refractivity contribution is 6.29. The van der Waals surface area contributed by atoms with Crippen LogP contribution in [0.3, 0.4) is 0 Å². The van der Waals surface area contributed by atoms with E-state index in [-0.39, 0.29) is 17.3 Å². The molecule has 0 aromatic carbocycles. The average Bonchev–Trinajstić information content (AvgIpc) is 2.81. The summed E-state index contributed by atoms with van der Waals surface area (Å²) in [5.41, 5.74) is -0.0645. The monoisotopic (exact) mass is 290 g/mol. The van der Waals surface area contributed by atoms with Crippen molar-refractivity contribution in [3.63, 3.8) is 0 Å². The summed E-state index contributed by atoms with van der Waals surface area (Å²) in [6.07, 6.45) is 0.986. The van der Waals surface area contributed by atoms with Crippen molar-refractivity contribution in [2.24, 2.45) is 5.92 Å². The van der Waals surface area contributed by atoms with E-state index in [1.54, 1.807) is 0 Å². The SMILES string of the molecule is CC1CN(c2cc(Cl)nc3c(F)cnn23)CC1(F)F. The molecule has 3 heterocycles. The topological polar surface area (TPSA) is 33.4 Å². The second-order valence-electron chi connectivity index (χ2n) is 4.71. The summed E-state index contributed by atoms with van der Waals surface area (Å²) in [6, 6.07) is 1.41. The van der Waals surface area contributed by atoms with E-state index in [0.29, 0.717) is 5.82 Å². The summed E-state index contributed by atoms with van der Waals surface area (Å²) in [6.45, 7) is 1.19. The second kappa shape index (κ2) is 4.00. The first kappa shape index (κ1) is 12.5. The molecule has 1 aliphatic rings. The van der Waals surface area contributed by atoms with Gasteiger partial charge in [0.25, 0.3) is 5.92 Å². The maximum Gasteiger partial charge on any atom is 0.269 e. The molecule has 1 fully saturated rings. The van der Waals surface area contributed by atoms with Gasteiger partial charge < -0.3 is 4.90 Å². The van der Waals surface area contributed by atoms with E-state index in [0.717, 1.165) is 6.20 Å². The minimum absolute atomic E-state index is 0.0461. The fourth-order valence-corrected chi connectivity index (χ4v) is 2.41. The molecule has 1 unspecified atom stereocenters. The molecule has 0 saturated carbocycles. The molecule has 1 saturated heterocycles. The van der Waals surface area contributed by atoms with Crippen molar-refractivity contribution in [1.82, 2.24) is 14.6 Å². The van der Waals surface area contributed by atoms with Gasteiger partial charge in [-0.2, -0.15) is 9.61 Å². The van der Waals surface area contributed by atoms with Gasteiger partial charge in [0, 0.05) is 18.5 Å². The molecule has 4 nitrogen and oxygen atoms in total. The maximum absolute atomic E-state index is 13.6. The smallest absolute Gasteiger partial charge is 0.269 e. The van der Waals surface area contributed by atoms with E-state index < -0.39 is 24.2 Å². The van der Waals surface area contributed by atoms with Crippen LogP contribution >= 0.6 is 11.6 Å². The summed E-state index contributed by atoms with van der Waals surface area (Å²) >= 11 is 5.81. The van der Waals surface area contributed by atoms with Gasteiger partial charge in [-0.05, 0) is 0 Å². The van der Waals surface area contributed by atoms with Gasteiger partial charge in [0.05, 0.1) is 12.7 Å². The number of fused-ring (bicyclic) bond motifs is 1. The van der Waals surface area contributed by atoms with Crippen LogP contribution in [0.4, 0.5) is 19.0 Å². The molecule has 0 spiro atoms. The molecular weight excluding hydrogens is 281 g/mol. The van der Waals surface area contributed by atoms with Crippen molar-refractivity contribution in [3.8, 4) is 0 Å². The van der Waals surface area contributed by atoms with E-state index in [4.69, 9.17) is 11.6 Å². The highest BCUT2D eigenvalue weighted by Crippen LogP contribution is 2.36. The van der Waals surface area contributed by atoms with Gasteiger partial charge in [0.1, 0.15) is 11.0 Å². The fourth-order valence-electron chi connectivity index (χ4n) is 2.23. The number of alkyl halides is 2. The lowest BCUT2D eigenvalue weighted by atomic mass is 10.1. The Morgan fingerprint density at radius 3 is 2.84 bits per heavy atom. The standard InChI is InChI=1S/C11H10ClF3N4/c1-6-4-18(5-11(6,14)15)9-2-8(12)17-10-7(13)3-16-19(9)10/h2-3,6H,4-5H2,1H3. The van der Waals surface area contributed by atoms with Crippen molar-refractivity contribution in [2.45, 2.75) is 12.8 Å². The van der Waals surface area contributed by atoms with Crippen molar-refractivity contribution in [3.05, 3.63) is 23.2 Å². The summed E-state index contributed by atoms with van der Waals surface area (Å²) in [7, 11) is 0. The number of aromatic nitrogens is 3. The molecular formula is C11H10ClF3N4. The lowest BCUT2D eigenvalue weighted by molar-refractivity contribution is -0.0138. The van der Waals surface area contributed by atoms with Gasteiger partial charge >= 0.3 is 0 Å². The summed E-state index contributed by atoms with van der Waals surface area (Å²) < 4.78 is 41.8. The molecule has 0 N–H and O–H groups in total. The molecule has 2 aromatic rings. The Kier molecular flexibility index (Phi) is 2.63. The Labute approximate surface area is 111 Å². The molecule has 1 atom stereocenters. The lowest BCUT2D eigenvalue weighted by Gasteiger charge is -2.18. The van der Waals surface area contributed by atoms with Gasteiger partial charge in [0.15, 0.2) is 11.5 Å². The first-order chi connectivity index (χ1) is 8.88. The molecule has 8 heteroatoms. The fraction of sp³-hybridized carbons (Fsp3) is 0.455. The third-order valence-corrected chi connectivity index (χ3v) is 3.51. The first-order valence-corrected chi connectivity index (χ1v) is 6.09. The third kappa shape index (κ3) is 1.92. The average molecular weight is 291 g/mol. The van der Waals surface area contributed by atoms with Crippen molar-refractivity contribution in [1.29, 1.82) is 0 Å². The highest BCUT2D eigenvalue weighted by Gasteiger charge is 2.46. The van der Waals surface area contributed by atoms with Gasteiger partial charge in [-0.1, -0.05) is 18.5 Å². The van der Waals surface area contributed by atoms with Crippen LogP contribution in [0.15, 0.2) is 12.3 Å². The van der Waals surface area contributed by atoms with Crippen LogP contribution in [0.2, 0.25) is 5.15 Å². The van der Waals surface area contributed by atoms with Crippen LogP contribution in [-0.4, -0.2) is 33.6 Å². The third-order valence-electron chi connectivity index (χ3n) is 3.32. The highest BCUT2D eigenvalue weighted by atomic mass is 35.5. The number of nitrogens with zero attached hydrogens (tertiary/aromatic N) is 4. The summed E-state index contributed by atoms with van der Waals surface area (Å²) in [5, 5.41) is 3.86. The zero-order chi connectivity index (χ0) is 13.8. The zero-order valence-corrected chi connectivity index (χ0v) is 10.7. The van der Waals surface area contributed by atoms with Crippen molar-refractivity contribution < 1.29 is 13.2 Å². The van der Waals surface area contributed by atoms with E-state index in [9.17, 15) is 13.2 Å². The minimum atomic E-state index is -2.78. The van der Waals surface area contributed by atoms with Crippen LogP contribution in [0.1, 0.15) is 6.92 Å². The van der Waals surface area contributed by atoms with E-state index in [2.05, 4.69) is 10.1 Å². The Morgan fingerprint density at radius 1 is 1.47 bits per heavy atom. The molecule has 0 radical (unpaired) electrons. The van der Waals surface area contributed by atoms with Crippen LogP contribution in [0.5, 0.6) is 0 Å². The maximum atomic E-state index is 13.6. The van der Waals surface area contributed by atoms with E-state index >= 15 is 0 Å². The lowest BCUT2D eigenvalue weighted by Crippen LogP contribution is -2.27. The molecule has 1 aliphatic heterocycles. The Morgan fingerprint density at radius 2 is 2.21 bits per heavy atom. The van der Waals surface area contributed by atoms with E-state index in [1.165, 1.54) is 22.4 Å². The van der Waals surface area contributed by atoms with E-state index in [1.807, 2.05) is 0 Å². The van der Waals surface area contributed by atoms with Crippen molar-refractivity contribution >= 4 is 23.1 Å². The van der Waals surface area contributed by atoms with Gasteiger partial charge in [-0.3, -0.25) is 0 Å². The van der Waals surface area contributed by atoms with Gasteiger partial charge in [0.2, 0.25) is 0 Å². The van der Waals surface area contributed by atoms with Crippen LogP contribution in [-0.2, 0) is 0 Å². The predicted octanol–water partition coefficient (Wildman–Crippen LogP) is 2.61. The first-order valence-electron chi connectivity index (χ1n) is 5.71. The number of rotatable bonds is 1. The van der Waals surface area contributed by atoms with Crippen LogP contribution < -0.4 is 4.90 Å². The normalized spacial score (nSPS) is 22.4. The molecule has 2 aromatic heterocycles. The van der Waals surface area contributed by atoms with Crippen molar-refractivity contribution in [2.75, 3.05) is 18.0 Å². The molecule has 3 rings (SSSR count). The minimum Gasteiger partial charge on any atom is -0.350 e. The Bertz CT molecular complexity index is 642. The largest absolute Gasteiger partial charge is 0.350 e. The number of hydrogen-bond acceptors (Lipinski definition) is 3. The quantitative estimate of drug-likeness (QED) is 0.757. The molecule has 0 bridgehead atoms.